The van der Waals surface area contributed by atoms with E-state index in [4.69, 9.17) is 28.4 Å². The maximum Gasteiger partial charge on any atom is 1.00 e. The van der Waals surface area contributed by atoms with Gasteiger partial charge in [-0.15, -0.1) is 5.11 Å². The second kappa shape index (κ2) is 31.4. The molecule has 0 aliphatic carbocycles. The third kappa shape index (κ3) is 19.3. The van der Waals surface area contributed by atoms with Gasteiger partial charge in [-0.3, -0.25) is 14.4 Å². The minimum absolute atomic E-state index is 0. The predicted molar refractivity (Wildman–Crippen MR) is 248 cm³/mol. The summed E-state index contributed by atoms with van der Waals surface area (Å²) in [5.74, 6) is -4.43. The van der Waals surface area contributed by atoms with E-state index >= 15 is 0 Å². The molecule has 1 atom stereocenters. The Labute approximate surface area is 438 Å². The van der Waals surface area contributed by atoms with Gasteiger partial charge in [0.1, 0.15) is 45.3 Å². The van der Waals surface area contributed by atoms with Gasteiger partial charge in [-0.25, -0.2) is 24.0 Å². The number of methoxy groups -OCH3 is 4. The van der Waals surface area contributed by atoms with Crippen molar-refractivity contribution in [2.45, 2.75) is 90.5 Å². The summed E-state index contributed by atoms with van der Waals surface area (Å²) >= 11 is 0. The number of unbranched alkanes of at least 4 members (excludes halogenated alkanes) is 4. The summed E-state index contributed by atoms with van der Waals surface area (Å²) in [6.07, 6.45) is 4.25. The van der Waals surface area contributed by atoms with E-state index in [-0.39, 0.29) is 94.1 Å². The number of ether oxygens (including phenoxy) is 8. The number of carbonyl (C=O) groups is 8. The zero-order chi connectivity index (χ0) is 52.4. The van der Waals surface area contributed by atoms with Crippen LogP contribution in [0.25, 0.3) is 0 Å². The summed E-state index contributed by atoms with van der Waals surface area (Å²) in [6.45, 7) is 4.79. The Kier molecular flexibility index (Phi) is 26.6. The number of rotatable bonds is 24. The second-order valence-corrected chi connectivity index (χ2v) is 16.2. The summed E-state index contributed by atoms with van der Waals surface area (Å²) in [7, 11) is 4.94. The van der Waals surface area contributed by atoms with Gasteiger partial charge in [-0.2, -0.15) is 0 Å². The maximum atomic E-state index is 13.0. The fourth-order valence-corrected chi connectivity index (χ4v) is 6.46. The summed E-state index contributed by atoms with van der Waals surface area (Å²) in [6, 6.07) is 25.0. The summed E-state index contributed by atoms with van der Waals surface area (Å²) in [5.41, 5.74) is -2.04. The molecule has 4 aromatic carbocycles. The molecule has 0 bridgehead atoms. The van der Waals surface area contributed by atoms with Gasteiger partial charge >= 0.3 is 77.3 Å². The van der Waals surface area contributed by atoms with Crippen LogP contribution in [0.2, 0.25) is 0 Å². The predicted octanol–water partition coefficient (Wildman–Crippen LogP) is 4.89. The van der Waals surface area contributed by atoms with Crippen LogP contribution >= 0.6 is 0 Å². The number of hydrogen-bond donors (Lipinski definition) is 0. The molecule has 0 aliphatic heterocycles. The third-order valence-electron chi connectivity index (χ3n) is 10.5. The monoisotopic (exact) mass is 1010 g/mol. The number of benzene rings is 4. The topological polar surface area (TPSA) is 267 Å². The minimum Gasteiger partial charge on any atom is -0.636 e. The number of para-hydroxylation sites is 4. The molecule has 0 aromatic heterocycles. The SMILES string of the molecule is COC(=O)c1ccccc1OC(=O)C(C)(C)CCCCC(C)(N=NO[O-])C(=O)Oc1ccccc1C(=O)OC.COC(=O)c1ccccc1OC(=O)CCCCCCC(=O)Oc1ccccc1C(=O)OC.[Na+]. The largest absolute Gasteiger partial charge is 1.00 e. The fraction of sp³-hybridized carbons (Fsp3) is 0.373. The van der Waals surface area contributed by atoms with E-state index in [0.29, 0.717) is 32.1 Å². The van der Waals surface area contributed by atoms with Crippen molar-refractivity contribution in [3.8, 4) is 23.0 Å². The Morgan fingerprint density at radius 1 is 0.444 bits per heavy atom. The van der Waals surface area contributed by atoms with Crippen LogP contribution in [0.3, 0.4) is 0 Å². The maximum absolute atomic E-state index is 13.0. The molecule has 0 fully saturated rings. The Balaban J connectivity index is 0.000000496. The first-order valence-electron chi connectivity index (χ1n) is 22.2. The molecule has 380 valence electrons. The van der Waals surface area contributed by atoms with E-state index < -0.39 is 58.7 Å². The van der Waals surface area contributed by atoms with Crippen LogP contribution in [0.1, 0.15) is 126 Å². The van der Waals surface area contributed by atoms with Crippen LogP contribution in [0, 0.1) is 5.41 Å². The number of nitrogens with zero attached hydrogens (tertiary/aromatic N) is 2. The van der Waals surface area contributed by atoms with Crippen molar-refractivity contribution in [2.75, 3.05) is 28.4 Å². The van der Waals surface area contributed by atoms with Crippen LogP contribution < -0.4 is 53.8 Å². The van der Waals surface area contributed by atoms with Gasteiger partial charge < -0.3 is 48.1 Å². The van der Waals surface area contributed by atoms with E-state index in [9.17, 15) is 43.6 Å². The van der Waals surface area contributed by atoms with E-state index in [2.05, 4.69) is 24.9 Å². The molecule has 21 heteroatoms. The van der Waals surface area contributed by atoms with E-state index in [1.54, 1.807) is 62.4 Å². The summed E-state index contributed by atoms with van der Waals surface area (Å²) < 4.78 is 40.2. The molecule has 4 rings (SSSR count). The van der Waals surface area contributed by atoms with Crippen LogP contribution in [-0.4, -0.2) is 81.7 Å². The smallest absolute Gasteiger partial charge is 0.636 e. The molecule has 0 N–H and O–H groups in total. The number of esters is 8. The van der Waals surface area contributed by atoms with Crippen LogP contribution in [0.5, 0.6) is 23.0 Å². The molecule has 4 aromatic rings. The van der Waals surface area contributed by atoms with Crippen molar-refractivity contribution < 1.29 is 116 Å². The molecule has 20 nitrogen and oxygen atoms in total. The Hall–Kier alpha value is -7.00. The third-order valence-corrected chi connectivity index (χ3v) is 10.5. The standard InChI is InChI=1S/C27H32N2O10.C24H26O8.Na/c1-26(2,24(32)37-20-14-8-6-12-18(20)22(30)35-4)16-10-11-17-27(3,28-29-39-34)25(33)38-21-15-9-7-13-19(21)23(31)36-5;1-29-23(27)17-11-7-9-13-19(17)31-21(25)15-5-3-4-6-16-22(26)32-20-14-10-8-12-18(20)24(28)30-2;/h6-9,12-15,34H,10-11,16-17H2,1-5H3;7-14H,3-6,15-16H2,1-2H3;/q;;+1/p-1. The quantitative estimate of drug-likeness (QED) is 0.0132. The molecule has 0 amide bonds. The van der Waals surface area contributed by atoms with Gasteiger partial charge in [0.25, 0.3) is 0 Å². The Bertz CT molecular complexity index is 2430. The Morgan fingerprint density at radius 2 is 0.764 bits per heavy atom. The zero-order valence-electron chi connectivity index (χ0n) is 41.6. The summed E-state index contributed by atoms with van der Waals surface area (Å²) in [4.78, 5) is 101. The van der Waals surface area contributed by atoms with Crippen molar-refractivity contribution in [1.29, 1.82) is 0 Å². The average Bonchev–Trinajstić information content (AvgIpc) is 3.37. The average molecular weight is 1010 g/mol. The molecule has 0 spiro atoms. The molecular formula is C51H57N2NaO18. The van der Waals surface area contributed by atoms with Gasteiger partial charge in [-0.05, 0) is 95.0 Å². The first-order chi connectivity index (χ1) is 33.9. The van der Waals surface area contributed by atoms with Crippen molar-refractivity contribution >= 4 is 47.8 Å². The van der Waals surface area contributed by atoms with Gasteiger partial charge in [0.05, 0.1) is 33.9 Å². The van der Waals surface area contributed by atoms with E-state index in [1.807, 2.05) is 0 Å². The minimum atomic E-state index is -1.63. The van der Waals surface area contributed by atoms with Gasteiger partial charge in [0.15, 0.2) is 5.54 Å². The zero-order valence-corrected chi connectivity index (χ0v) is 43.6. The normalized spacial score (nSPS) is 11.4. The van der Waals surface area contributed by atoms with Crippen LogP contribution in [-0.2, 0) is 43.1 Å². The molecule has 0 aliphatic rings. The van der Waals surface area contributed by atoms with E-state index in [0.717, 1.165) is 12.8 Å². The van der Waals surface area contributed by atoms with Crippen molar-refractivity contribution in [1.82, 2.24) is 0 Å². The molecule has 0 radical (unpaired) electrons. The van der Waals surface area contributed by atoms with Gasteiger partial charge in [-0.1, -0.05) is 74.2 Å². The molecular weight excluding hydrogens is 952 g/mol. The second-order valence-electron chi connectivity index (χ2n) is 16.2. The van der Waals surface area contributed by atoms with Crippen molar-refractivity contribution in [3.05, 3.63) is 119 Å². The van der Waals surface area contributed by atoms with Crippen molar-refractivity contribution in [2.24, 2.45) is 15.8 Å². The van der Waals surface area contributed by atoms with Crippen LogP contribution in [0.15, 0.2) is 107 Å². The van der Waals surface area contributed by atoms with Gasteiger partial charge in [0, 0.05) is 18.1 Å². The molecule has 0 saturated heterocycles. The van der Waals surface area contributed by atoms with Gasteiger partial charge in [0.2, 0.25) is 0 Å². The molecule has 72 heavy (non-hydrogen) atoms. The molecule has 1 unspecified atom stereocenters. The molecule has 0 saturated carbocycles. The fourth-order valence-electron chi connectivity index (χ4n) is 6.46. The molecule has 0 heterocycles. The summed E-state index contributed by atoms with van der Waals surface area (Å²) in [5, 5.41) is 17.1. The first kappa shape index (κ1) is 61.1. The first-order valence-corrected chi connectivity index (χ1v) is 22.2. The number of carbonyl (C=O) groups excluding carboxylic acids is 8. The van der Waals surface area contributed by atoms with E-state index in [1.165, 1.54) is 83.9 Å². The van der Waals surface area contributed by atoms with Crippen molar-refractivity contribution in [3.63, 3.8) is 0 Å². The van der Waals surface area contributed by atoms with Crippen LogP contribution in [0.4, 0.5) is 0 Å². The number of hydrogen-bond acceptors (Lipinski definition) is 20. The Morgan fingerprint density at radius 3 is 1.11 bits per heavy atom.